The molecule has 0 bridgehead atoms. The molecule has 0 saturated carbocycles. The lowest BCUT2D eigenvalue weighted by atomic mass is 10.1. The van der Waals surface area contributed by atoms with Crippen molar-refractivity contribution in [3.05, 3.63) is 103 Å². The monoisotopic (exact) mass is 347 g/mol. The van der Waals surface area contributed by atoms with E-state index in [0.717, 1.165) is 16.7 Å². The Bertz CT molecular complexity index is 1280. The Kier molecular flexibility index (Phi) is 3.80. The van der Waals surface area contributed by atoms with Gasteiger partial charge in [-0.05, 0) is 23.6 Å². The van der Waals surface area contributed by atoms with Gasteiger partial charge in [-0.1, -0.05) is 78.9 Å². The van der Waals surface area contributed by atoms with E-state index in [1.807, 2.05) is 60.8 Å². The van der Waals surface area contributed by atoms with Gasteiger partial charge in [-0.2, -0.15) is 0 Å². The van der Waals surface area contributed by atoms with Crippen LogP contribution in [-0.2, 0) is 0 Å². The summed E-state index contributed by atoms with van der Waals surface area (Å²) in [5.74, 6) is 0. The number of rotatable bonds is 0. The summed E-state index contributed by atoms with van der Waals surface area (Å²) in [6.07, 6.45) is 1.93. The van der Waals surface area contributed by atoms with Crippen molar-refractivity contribution >= 4 is 43.6 Å². The highest BCUT2D eigenvalue weighted by Crippen LogP contribution is 2.27. The number of para-hydroxylation sites is 3. The maximum atomic E-state index is 5.65. The molecule has 0 radical (unpaired) electrons. The van der Waals surface area contributed by atoms with Crippen molar-refractivity contribution in [1.82, 2.24) is 4.98 Å². The molecule has 27 heavy (non-hydrogen) atoms. The van der Waals surface area contributed by atoms with Crippen LogP contribution in [0.4, 0.5) is 0 Å². The van der Waals surface area contributed by atoms with Crippen LogP contribution < -0.4 is 0 Å². The van der Waals surface area contributed by atoms with Gasteiger partial charge in [-0.25, -0.2) is 0 Å². The molecule has 0 N–H and O–H groups in total. The normalized spacial score (nSPS) is 11.0. The van der Waals surface area contributed by atoms with Crippen LogP contribution in [0.2, 0.25) is 0 Å². The average molecular weight is 347 g/mol. The predicted molar refractivity (Wildman–Crippen MR) is 113 cm³/mol. The summed E-state index contributed by atoms with van der Waals surface area (Å²) in [6, 6.07) is 32.8. The van der Waals surface area contributed by atoms with Crippen LogP contribution in [0.3, 0.4) is 0 Å². The van der Waals surface area contributed by atoms with Gasteiger partial charge in [-0.3, -0.25) is 4.98 Å². The predicted octanol–water partition coefficient (Wildman–Crippen LogP) is 6.97. The highest BCUT2D eigenvalue weighted by molar-refractivity contribution is 6.05. The molecule has 0 aliphatic heterocycles. The molecule has 2 heteroatoms. The molecule has 0 atom stereocenters. The molecule has 4 aromatic carbocycles. The Morgan fingerprint density at radius 3 is 1.70 bits per heavy atom. The summed E-state index contributed by atoms with van der Waals surface area (Å²) >= 11 is 0. The van der Waals surface area contributed by atoms with Gasteiger partial charge in [0.25, 0.3) is 0 Å². The molecule has 6 aromatic rings. The fourth-order valence-electron chi connectivity index (χ4n) is 3.48. The van der Waals surface area contributed by atoms with Gasteiger partial charge < -0.3 is 4.42 Å². The molecular weight excluding hydrogens is 330 g/mol. The molecule has 0 amide bonds. The van der Waals surface area contributed by atoms with Gasteiger partial charge in [0.05, 0.1) is 5.52 Å². The van der Waals surface area contributed by atoms with E-state index in [-0.39, 0.29) is 0 Å². The highest BCUT2D eigenvalue weighted by atomic mass is 16.3. The molecule has 0 aliphatic rings. The number of nitrogens with zero attached hydrogens (tertiary/aromatic N) is 1. The molecule has 0 aliphatic carbocycles. The lowest BCUT2D eigenvalue weighted by Crippen LogP contribution is -1.80. The Balaban J connectivity index is 0.000000119. The summed E-state index contributed by atoms with van der Waals surface area (Å²) in [5.41, 5.74) is 2.98. The zero-order valence-corrected chi connectivity index (χ0v) is 14.7. The summed E-state index contributed by atoms with van der Waals surface area (Å²) in [4.78, 5) is 4.41. The van der Waals surface area contributed by atoms with Crippen LogP contribution >= 0.6 is 0 Å². The van der Waals surface area contributed by atoms with Crippen LogP contribution in [0.5, 0.6) is 0 Å². The van der Waals surface area contributed by atoms with E-state index in [1.165, 1.54) is 26.9 Å². The standard InChI is InChI=1S/C13H9N.C12H8O/c1-2-6-11-10(5-1)9-14-13-8-4-3-7-12(11)13;1-3-7-11-9(5-1)10-6-2-4-8-12(10)13-11/h1-9H;1-8H. The SMILES string of the molecule is c1ccc2c(c1)cnc1ccccc12.c1ccc2c(c1)oc1ccccc12. The van der Waals surface area contributed by atoms with E-state index in [0.29, 0.717) is 0 Å². The van der Waals surface area contributed by atoms with E-state index in [1.54, 1.807) is 0 Å². The van der Waals surface area contributed by atoms with Crippen molar-refractivity contribution in [2.24, 2.45) is 0 Å². The van der Waals surface area contributed by atoms with Crippen molar-refractivity contribution in [3.63, 3.8) is 0 Å². The van der Waals surface area contributed by atoms with Gasteiger partial charge in [0.1, 0.15) is 11.2 Å². The number of hydrogen-bond acceptors (Lipinski definition) is 2. The van der Waals surface area contributed by atoms with Crippen LogP contribution in [0.15, 0.2) is 108 Å². The van der Waals surface area contributed by atoms with Crippen molar-refractivity contribution in [2.75, 3.05) is 0 Å². The zero-order valence-electron chi connectivity index (χ0n) is 14.7. The second-order valence-corrected chi connectivity index (χ2v) is 6.46. The minimum atomic E-state index is 0.962. The summed E-state index contributed by atoms with van der Waals surface area (Å²) in [7, 11) is 0. The van der Waals surface area contributed by atoms with Gasteiger partial charge in [0, 0.05) is 27.7 Å². The molecule has 2 aromatic heterocycles. The zero-order chi connectivity index (χ0) is 18.1. The molecule has 0 fully saturated rings. The fourth-order valence-corrected chi connectivity index (χ4v) is 3.48. The maximum absolute atomic E-state index is 5.65. The van der Waals surface area contributed by atoms with Crippen molar-refractivity contribution < 1.29 is 4.42 Å². The van der Waals surface area contributed by atoms with Crippen LogP contribution in [-0.4, -0.2) is 4.98 Å². The average Bonchev–Trinajstić information content (AvgIpc) is 3.13. The first-order chi connectivity index (χ1) is 13.4. The third kappa shape index (κ3) is 2.81. The third-order valence-corrected chi connectivity index (χ3v) is 4.78. The Labute approximate surface area is 156 Å². The lowest BCUT2D eigenvalue weighted by molar-refractivity contribution is 0.669. The van der Waals surface area contributed by atoms with Crippen molar-refractivity contribution in [1.29, 1.82) is 0 Å². The number of furan rings is 1. The topological polar surface area (TPSA) is 26.0 Å². The summed E-state index contributed by atoms with van der Waals surface area (Å²) < 4.78 is 5.65. The van der Waals surface area contributed by atoms with E-state index in [9.17, 15) is 0 Å². The minimum absolute atomic E-state index is 0.962. The number of hydrogen-bond donors (Lipinski definition) is 0. The van der Waals surface area contributed by atoms with E-state index in [2.05, 4.69) is 47.4 Å². The fraction of sp³-hybridized carbons (Fsp3) is 0. The van der Waals surface area contributed by atoms with Crippen molar-refractivity contribution in [2.45, 2.75) is 0 Å². The molecule has 2 heterocycles. The molecule has 128 valence electrons. The first-order valence-electron chi connectivity index (χ1n) is 8.99. The number of aromatic nitrogens is 1. The third-order valence-electron chi connectivity index (χ3n) is 4.78. The Morgan fingerprint density at radius 2 is 1.00 bits per heavy atom. The number of benzene rings is 4. The smallest absolute Gasteiger partial charge is 0.135 e. The maximum Gasteiger partial charge on any atom is 0.135 e. The quantitative estimate of drug-likeness (QED) is 0.277. The van der Waals surface area contributed by atoms with Gasteiger partial charge in [0.2, 0.25) is 0 Å². The van der Waals surface area contributed by atoms with Crippen LogP contribution in [0.25, 0.3) is 43.6 Å². The second kappa shape index (κ2) is 6.58. The molecule has 0 spiro atoms. The number of fused-ring (bicyclic) bond motifs is 6. The van der Waals surface area contributed by atoms with E-state index >= 15 is 0 Å². The molecule has 2 nitrogen and oxygen atoms in total. The van der Waals surface area contributed by atoms with Crippen LogP contribution in [0, 0.1) is 0 Å². The molecule has 0 saturated heterocycles. The largest absolute Gasteiger partial charge is 0.456 e. The van der Waals surface area contributed by atoms with Crippen LogP contribution in [0.1, 0.15) is 0 Å². The molecule has 0 unspecified atom stereocenters. The summed E-state index contributed by atoms with van der Waals surface area (Å²) in [6.45, 7) is 0. The highest BCUT2D eigenvalue weighted by Gasteiger charge is 2.03. The first kappa shape index (κ1) is 15.6. The molecule has 6 rings (SSSR count). The molecular formula is C25H17NO. The minimum Gasteiger partial charge on any atom is -0.456 e. The van der Waals surface area contributed by atoms with Gasteiger partial charge >= 0.3 is 0 Å². The second-order valence-electron chi connectivity index (χ2n) is 6.46. The Morgan fingerprint density at radius 1 is 0.481 bits per heavy atom. The Hall–Kier alpha value is -3.65. The van der Waals surface area contributed by atoms with Gasteiger partial charge in [-0.15, -0.1) is 0 Å². The lowest BCUT2D eigenvalue weighted by Gasteiger charge is -2.01. The van der Waals surface area contributed by atoms with E-state index in [4.69, 9.17) is 4.42 Å². The number of pyridine rings is 1. The van der Waals surface area contributed by atoms with E-state index < -0.39 is 0 Å². The van der Waals surface area contributed by atoms with Crippen molar-refractivity contribution in [3.8, 4) is 0 Å². The first-order valence-corrected chi connectivity index (χ1v) is 8.99. The van der Waals surface area contributed by atoms with Gasteiger partial charge in [0.15, 0.2) is 0 Å². The summed E-state index contributed by atoms with van der Waals surface area (Å²) in [5, 5.41) is 6.09.